The first kappa shape index (κ1) is 13.6. The quantitative estimate of drug-likeness (QED) is 0.744. The van der Waals surface area contributed by atoms with E-state index in [1.54, 1.807) is 13.1 Å². The van der Waals surface area contributed by atoms with Gasteiger partial charge in [0.1, 0.15) is 5.82 Å². The van der Waals surface area contributed by atoms with Crippen molar-refractivity contribution in [1.82, 2.24) is 10.6 Å². The maximum atomic E-state index is 13.0. The van der Waals surface area contributed by atoms with Crippen LogP contribution < -0.4 is 10.6 Å². The molecular weight excluding hydrogens is 219 g/mol. The maximum absolute atomic E-state index is 13.0. The molecule has 0 aliphatic heterocycles. The van der Waals surface area contributed by atoms with E-state index in [0.717, 1.165) is 18.5 Å². The number of carbonyl (C=O) groups excluding carboxylic acids is 1. The van der Waals surface area contributed by atoms with Crippen molar-refractivity contribution < 1.29 is 9.18 Å². The number of hydrogen-bond donors (Lipinski definition) is 2. The number of benzene rings is 1. The summed E-state index contributed by atoms with van der Waals surface area (Å²) in [6.07, 6.45) is 1.29. The van der Waals surface area contributed by atoms with Crippen LogP contribution in [-0.4, -0.2) is 19.5 Å². The summed E-state index contributed by atoms with van der Waals surface area (Å²) in [5.41, 5.74) is 0.921. The number of halogens is 1. The Bertz CT molecular complexity index is 368. The molecule has 0 fully saturated rings. The zero-order valence-corrected chi connectivity index (χ0v) is 10.3. The molecule has 0 aromatic heterocycles. The molecule has 94 valence electrons. The van der Waals surface area contributed by atoms with Gasteiger partial charge in [0.15, 0.2) is 0 Å². The van der Waals surface area contributed by atoms with Gasteiger partial charge in [-0.15, -0.1) is 0 Å². The van der Waals surface area contributed by atoms with Gasteiger partial charge >= 0.3 is 0 Å². The van der Waals surface area contributed by atoms with E-state index in [1.807, 2.05) is 13.0 Å². The highest BCUT2D eigenvalue weighted by Gasteiger charge is 2.05. The first-order chi connectivity index (χ1) is 8.13. The van der Waals surface area contributed by atoms with Gasteiger partial charge in [-0.3, -0.25) is 4.79 Å². The van der Waals surface area contributed by atoms with Crippen molar-refractivity contribution in [2.45, 2.75) is 25.8 Å². The summed E-state index contributed by atoms with van der Waals surface area (Å²) in [5, 5.41) is 5.83. The molecule has 4 heteroatoms. The van der Waals surface area contributed by atoms with Crippen molar-refractivity contribution >= 4 is 5.91 Å². The van der Waals surface area contributed by atoms with Gasteiger partial charge in [-0.05, 0) is 37.6 Å². The molecule has 17 heavy (non-hydrogen) atoms. The minimum Gasteiger partial charge on any atom is -0.359 e. The van der Waals surface area contributed by atoms with Crippen LogP contribution in [0.3, 0.4) is 0 Å². The van der Waals surface area contributed by atoms with Gasteiger partial charge in [-0.1, -0.05) is 12.1 Å². The molecule has 0 saturated heterocycles. The number of nitrogens with one attached hydrogen (secondary N) is 2. The minimum atomic E-state index is -0.221. The highest BCUT2D eigenvalue weighted by Crippen LogP contribution is 2.13. The summed E-state index contributed by atoms with van der Waals surface area (Å²) in [5.74, 6) is -0.174. The topological polar surface area (TPSA) is 41.1 Å². The van der Waals surface area contributed by atoms with Crippen LogP contribution in [0, 0.1) is 5.82 Å². The van der Waals surface area contributed by atoms with Gasteiger partial charge in [0.25, 0.3) is 0 Å². The summed E-state index contributed by atoms with van der Waals surface area (Å²) >= 11 is 0. The summed E-state index contributed by atoms with van der Waals surface area (Å²) in [6.45, 7) is 2.72. The Kier molecular flexibility index (Phi) is 5.63. The van der Waals surface area contributed by atoms with E-state index >= 15 is 0 Å². The van der Waals surface area contributed by atoms with Crippen LogP contribution in [0.15, 0.2) is 24.3 Å². The van der Waals surface area contributed by atoms with E-state index in [4.69, 9.17) is 0 Å². The van der Waals surface area contributed by atoms with Crippen molar-refractivity contribution in [2.24, 2.45) is 0 Å². The number of rotatable bonds is 6. The third-order valence-electron chi connectivity index (χ3n) is 2.66. The Morgan fingerprint density at radius 3 is 2.88 bits per heavy atom. The highest BCUT2D eigenvalue weighted by atomic mass is 19.1. The van der Waals surface area contributed by atoms with Crippen LogP contribution in [0.2, 0.25) is 0 Å². The third-order valence-corrected chi connectivity index (χ3v) is 2.66. The fraction of sp³-hybridized carbons (Fsp3) is 0.462. The minimum absolute atomic E-state index is 0.0465. The Morgan fingerprint density at radius 2 is 2.24 bits per heavy atom. The van der Waals surface area contributed by atoms with E-state index in [9.17, 15) is 9.18 Å². The normalized spacial score (nSPS) is 12.2. The zero-order valence-electron chi connectivity index (χ0n) is 10.3. The van der Waals surface area contributed by atoms with Crippen LogP contribution >= 0.6 is 0 Å². The predicted molar refractivity (Wildman–Crippen MR) is 66.1 cm³/mol. The second kappa shape index (κ2) is 7.01. The van der Waals surface area contributed by atoms with E-state index in [1.165, 1.54) is 12.1 Å². The van der Waals surface area contributed by atoms with Crippen LogP contribution in [-0.2, 0) is 4.79 Å². The first-order valence-corrected chi connectivity index (χ1v) is 5.83. The van der Waals surface area contributed by atoms with Gasteiger partial charge in [0, 0.05) is 19.5 Å². The van der Waals surface area contributed by atoms with Crippen LogP contribution in [0.25, 0.3) is 0 Å². The first-order valence-electron chi connectivity index (χ1n) is 5.83. The zero-order chi connectivity index (χ0) is 12.7. The van der Waals surface area contributed by atoms with Gasteiger partial charge in [-0.2, -0.15) is 0 Å². The molecule has 1 aromatic carbocycles. The van der Waals surface area contributed by atoms with Crippen molar-refractivity contribution in [3.63, 3.8) is 0 Å². The van der Waals surface area contributed by atoms with Crippen molar-refractivity contribution in [1.29, 1.82) is 0 Å². The molecule has 0 heterocycles. The average Bonchev–Trinajstić information content (AvgIpc) is 2.34. The summed E-state index contributed by atoms with van der Waals surface area (Å²) < 4.78 is 13.0. The van der Waals surface area contributed by atoms with Crippen molar-refractivity contribution in [2.75, 3.05) is 13.6 Å². The van der Waals surface area contributed by atoms with Crippen LogP contribution in [0.5, 0.6) is 0 Å². The Hall–Kier alpha value is -1.42. The Labute approximate surface area is 101 Å². The molecule has 0 aliphatic rings. The highest BCUT2D eigenvalue weighted by molar-refractivity contribution is 5.75. The van der Waals surface area contributed by atoms with Crippen LogP contribution in [0.1, 0.15) is 31.4 Å². The summed E-state index contributed by atoms with van der Waals surface area (Å²) in [4.78, 5) is 11.0. The fourth-order valence-electron chi connectivity index (χ4n) is 1.59. The van der Waals surface area contributed by atoms with Gasteiger partial charge < -0.3 is 10.6 Å². The van der Waals surface area contributed by atoms with Crippen molar-refractivity contribution in [3.8, 4) is 0 Å². The van der Waals surface area contributed by atoms with Crippen LogP contribution in [0.4, 0.5) is 4.39 Å². The molecule has 0 bridgehead atoms. The average molecular weight is 238 g/mol. The molecule has 0 radical (unpaired) electrons. The lowest BCUT2D eigenvalue weighted by atomic mass is 10.1. The standard InChI is InChI=1S/C13H19FN2O/c1-10(11-5-3-6-12(14)9-11)16-8-4-7-13(17)15-2/h3,5-6,9-10,16H,4,7-8H2,1-2H3,(H,15,17). The molecule has 0 saturated carbocycles. The lowest BCUT2D eigenvalue weighted by molar-refractivity contribution is -0.120. The SMILES string of the molecule is CNC(=O)CCCNC(C)c1cccc(F)c1. The molecule has 1 amide bonds. The summed E-state index contributed by atoms with van der Waals surface area (Å²) in [7, 11) is 1.63. The molecule has 3 nitrogen and oxygen atoms in total. The molecule has 1 unspecified atom stereocenters. The monoisotopic (exact) mass is 238 g/mol. The fourth-order valence-corrected chi connectivity index (χ4v) is 1.59. The molecule has 0 aliphatic carbocycles. The smallest absolute Gasteiger partial charge is 0.219 e. The molecule has 1 atom stereocenters. The molecule has 1 rings (SSSR count). The van der Waals surface area contributed by atoms with E-state index in [0.29, 0.717) is 6.42 Å². The predicted octanol–water partition coefficient (Wildman–Crippen LogP) is 2.00. The van der Waals surface area contributed by atoms with Gasteiger partial charge in [-0.25, -0.2) is 4.39 Å². The summed E-state index contributed by atoms with van der Waals surface area (Å²) in [6, 6.07) is 6.64. The number of carbonyl (C=O) groups is 1. The largest absolute Gasteiger partial charge is 0.359 e. The lowest BCUT2D eigenvalue weighted by Crippen LogP contribution is -2.23. The Balaban J connectivity index is 2.30. The van der Waals surface area contributed by atoms with E-state index < -0.39 is 0 Å². The van der Waals surface area contributed by atoms with Gasteiger partial charge in [0.2, 0.25) is 5.91 Å². The maximum Gasteiger partial charge on any atom is 0.219 e. The number of hydrogen-bond acceptors (Lipinski definition) is 2. The Morgan fingerprint density at radius 1 is 1.47 bits per heavy atom. The molecule has 2 N–H and O–H groups in total. The molecule has 1 aromatic rings. The lowest BCUT2D eigenvalue weighted by Gasteiger charge is -2.14. The third kappa shape index (κ3) is 4.95. The second-order valence-electron chi connectivity index (χ2n) is 4.01. The van der Waals surface area contributed by atoms with E-state index in [2.05, 4.69) is 10.6 Å². The number of amides is 1. The second-order valence-corrected chi connectivity index (χ2v) is 4.01. The van der Waals surface area contributed by atoms with E-state index in [-0.39, 0.29) is 17.8 Å². The molecule has 0 spiro atoms. The molecular formula is C13H19FN2O. The van der Waals surface area contributed by atoms with Gasteiger partial charge in [0.05, 0.1) is 0 Å². The van der Waals surface area contributed by atoms with Crippen molar-refractivity contribution in [3.05, 3.63) is 35.6 Å².